The maximum atomic E-state index is 5.53. The zero-order chi connectivity index (χ0) is 16.2. The summed E-state index contributed by atoms with van der Waals surface area (Å²) in [6, 6.07) is 18.0. The third-order valence-electron chi connectivity index (χ3n) is 3.85. The molecule has 0 radical (unpaired) electrons. The van der Waals surface area contributed by atoms with Crippen LogP contribution in [0.4, 0.5) is 5.82 Å². The van der Waals surface area contributed by atoms with Gasteiger partial charge in [0.15, 0.2) is 11.5 Å². The van der Waals surface area contributed by atoms with Crippen LogP contribution >= 0.6 is 0 Å². The fourth-order valence-electron chi connectivity index (χ4n) is 2.68. The number of para-hydroxylation sites is 1. The van der Waals surface area contributed by atoms with Crippen LogP contribution in [0.3, 0.4) is 0 Å². The van der Waals surface area contributed by atoms with Gasteiger partial charge in [-0.05, 0) is 17.7 Å². The maximum absolute atomic E-state index is 5.53. The Hall–Kier alpha value is -3.08. The second-order valence-electron chi connectivity index (χ2n) is 5.52. The van der Waals surface area contributed by atoms with Crippen molar-refractivity contribution in [3.63, 3.8) is 0 Å². The van der Waals surface area contributed by atoms with E-state index in [1.807, 2.05) is 42.5 Å². The molecule has 1 aliphatic rings. The first kappa shape index (κ1) is 14.5. The van der Waals surface area contributed by atoms with Crippen molar-refractivity contribution in [2.75, 3.05) is 12.1 Å². The highest BCUT2D eigenvalue weighted by Gasteiger charge is 2.16. The third kappa shape index (κ3) is 3.15. The molecule has 0 bridgehead atoms. The van der Waals surface area contributed by atoms with Gasteiger partial charge in [0, 0.05) is 24.7 Å². The monoisotopic (exact) mass is 319 g/mol. The lowest BCUT2D eigenvalue weighted by Crippen LogP contribution is -2.05. The number of aromatic nitrogens is 2. The van der Waals surface area contributed by atoms with E-state index < -0.39 is 0 Å². The van der Waals surface area contributed by atoms with E-state index in [1.165, 1.54) is 5.56 Å². The average molecular weight is 319 g/mol. The number of nitrogens with one attached hydrogen (secondary N) is 1. The molecule has 0 atom stereocenters. The molecule has 120 valence electrons. The van der Waals surface area contributed by atoms with Crippen molar-refractivity contribution in [1.29, 1.82) is 0 Å². The van der Waals surface area contributed by atoms with Crippen molar-refractivity contribution >= 4 is 5.82 Å². The molecule has 2 heterocycles. The van der Waals surface area contributed by atoms with Crippen molar-refractivity contribution in [3.05, 3.63) is 77.7 Å². The summed E-state index contributed by atoms with van der Waals surface area (Å²) in [5.74, 6) is 3.20. The lowest BCUT2D eigenvalue weighted by molar-refractivity contribution is 0.173. The fraction of sp³-hybridized carbons (Fsp3) is 0.158. The molecule has 0 saturated carbocycles. The van der Waals surface area contributed by atoms with E-state index >= 15 is 0 Å². The molecule has 3 aromatic rings. The van der Waals surface area contributed by atoms with Crippen LogP contribution < -0.4 is 14.8 Å². The van der Waals surface area contributed by atoms with Gasteiger partial charge in [-0.1, -0.05) is 42.5 Å². The molecule has 0 unspecified atom stereocenters. The van der Waals surface area contributed by atoms with Crippen LogP contribution in [-0.2, 0) is 13.0 Å². The Kier molecular flexibility index (Phi) is 3.98. The van der Waals surface area contributed by atoms with Crippen LogP contribution in [0.2, 0.25) is 0 Å². The molecule has 5 nitrogen and oxygen atoms in total. The van der Waals surface area contributed by atoms with Gasteiger partial charge < -0.3 is 14.8 Å². The first-order valence-corrected chi connectivity index (χ1v) is 7.86. The Bertz CT molecular complexity index is 837. The van der Waals surface area contributed by atoms with E-state index in [0.29, 0.717) is 13.0 Å². The highest BCUT2D eigenvalue weighted by molar-refractivity contribution is 5.49. The fourth-order valence-corrected chi connectivity index (χ4v) is 2.68. The van der Waals surface area contributed by atoms with Crippen LogP contribution in [0, 0.1) is 0 Å². The van der Waals surface area contributed by atoms with E-state index in [2.05, 4.69) is 27.4 Å². The number of benzene rings is 2. The van der Waals surface area contributed by atoms with Crippen LogP contribution in [0.15, 0.2) is 60.8 Å². The SMILES string of the molecule is c1ccc(Cc2nccc(NCc3cccc4c3OCO4)n2)cc1. The quantitative estimate of drug-likeness (QED) is 0.781. The number of hydrogen-bond donors (Lipinski definition) is 1. The highest BCUT2D eigenvalue weighted by atomic mass is 16.7. The van der Waals surface area contributed by atoms with Gasteiger partial charge in [0.2, 0.25) is 6.79 Å². The molecule has 24 heavy (non-hydrogen) atoms. The molecule has 1 aliphatic heterocycles. The second-order valence-corrected chi connectivity index (χ2v) is 5.52. The Morgan fingerprint density at radius 1 is 0.958 bits per heavy atom. The number of anilines is 1. The summed E-state index contributed by atoms with van der Waals surface area (Å²) < 4.78 is 10.9. The van der Waals surface area contributed by atoms with Crippen molar-refractivity contribution < 1.29 is 9.47 Å². The predicted octanol–water partition coefficient (Wildman–Crippen LogP) is 3.41. The Labute approximate surface area is 140 Å². The van der Waals surface area contributed by atoms with Gasteiger partial charge in [0.1, 0.15) is 11.6 Å². The molecule has 4 rings (SSSR count). The van der Waals surface area contributed by atoms with Gasteiger partial charge in [-0.25, -0.2) is 9.97 Å². The van der Waals surface area contributed by atoms with Crippen LogP contribution in [0.1, 0.15) is 17.0 Å². The molecule has 0 fully saturated rings. The third-order valence-corrected chi connectivity index (χ3v) is 3.85. The summed E-state index contributed by atoms with van der Waals surface area (Å²) in [7, 11) is 0. The predicted molar refractivity (Wildman–Crippen MR) is 91.2 cm³/mol. The standard InChI is InChI=1S/C19H17N3O2/c1-2-5-14(6-3-1)11-18-20-10-9-17(22-18)21-12-15-7-4-8-16-19(15)24-13-23-16/h1-10H,11-13H2,(H,20,21,22). The van der Waals surface area contributed by atoms with E-state index in [0.717, 1.165) is 28.7 Å². The van der Waals surface area contributed by atoms with E-state index in [4.69, 9.17) is 9.47 Å². The summed E-state index contributed by atoms with van der Waals surface area (Å²) in [5.41, 5.74) is 2.24. The molecule has 1 aromatic heterocycles. The largest absolute Gasteiger partial charge is 0.454 e. The van der Waals surface area contributed by atoms with E-state index in [9.17, 15) is 0 Å². The van der Waals surface area contributed by atoms with Gasteiger partial charge in [-0.3, -0.25) is 0 Å². The summed E-state index contributed by atoms with van der Waals surface area (Å²) in [6.45, 7) is 0.898. The molecule has 1 N–H and O–H groups in total. The molecular formula is C19H17N3O2. The van der Waals surface area contributed by atoms with Crippen molar-refractivity contribution in [2.45, 2.75) is 13.0 Å². The molecule has 0 spiro atoms. The second kappa shape index (κ2) is 6.58. The zero-order valence-corrected chi connectivity index (χ0v) is 13.1. The lowest BCUT2D eigenvalue weighted by atomic mass is 10.1. The molecular weight excluding hydrogens is 302 g/mol. The highest BCUT2D eigenvalue weighted by Crippen LogP contribution is 2.35. The average Bonchev–Trinajstić information content (AvgIpc) is 3.10. The first-order valence-electron chi connectivity index (χ1n) is 7.86. The zero-order valence-electron chi connectivity index (χ0n) is 13.1. The number of rotatable bonds is 5. The van der Waals surface area contributed by atoms with Crippen molar-refractivity contribution in [2.24, 2.45) is 0 Å². The van der Waals surface area contributed by atoms with Crippen molar-refractivity contribution in [3.8, 4) is 11.5 Å². The van der Waals surface area contributed by atoms with E-state index in [-0.39, 0.29) is 6.79 Å². The number of fused-ring (bicyclic) bond motifs is 1. The van der Waals surface area contributed by atoms with Gasteiger partial charge in [-0.15, -0.1) is 0 Å². The minimum absolute atomic E-state index is 0.279. The van der Waals surface area contributed by atoms with Crippen molar-refractivity contribution in [1.82, 2.24) is 9.97 Å². The molecule has 2 aromatic carbocycles. The first-order chi connectivity index (χ1) is 11.9. The number of nitrogens with zero attached hydrogens (tertiary/aromatic N) is 2. The Balaban J connectivity index is 1.46. The van der Waals surface area contributed by atoms with Gasteiger partial charge >= 0.3 is 0 Å². The van der Waals surface area contributed by atoms with Gasteiger partial charge in [-0.2, -0.15) is 0 Å². The molecule has 0 amide bonds. The van der Waals surface area contributed by atoms with Crippen LogP contribution in [0.5, 0.6) is 11.5 Å². The number of ether oxygens (including phenoxy) is 2. The maximum Gasteiger partial charge on any atom is 0.231 e. The van der Waals surface area contributed by atoms with Crippen LogP contribution in [0.25, 0.3) is 0 Å². The topological polar surface area (TPSA) is 56.3 Å². The Morgan fingerprint density at radius 3 is 2.79 bits per heavy atom. The minimum atomic E-state index is 0.279. The van der Waals surface area contributed by atoms with Gasteiger partial charge in [0.05, 0.1) is 0 Å². The smallest absolute Gasteiger partial charge is 0.231 e. The minimum Gasteiger partial charge on any atom is -0.454 e. The Morgan fingerprint density at radius 2 is 1.88 bits per heavy atom. The lowest BCUT2D eigenvalue weighted by Gasteiger charge is -2.09. The van der Waals surface area contributed by atoms with Gasteiger partial charge in [0.25, 0.3) is 0 Å². The summed E-state index contributed by atoms with van der Waals surface area (Å²) in [5, 5.41) is 3.33. The molecule has 5 heteroatoms. The number of hydrogen-bond acceptors (Lipinski definition) is 5. The summed E-state index contributed by atoms with van der Waals surface area (Å²) in [4.78, 5) is 8.93. The molecule has 0 saturated heterocycles. The summed E-state index contributed by atoms with van der Waals surface area (Å²) in [6.07, 6.45) is 2.50. The normalized spacial score (nSPS) is 12.2. The molecule has 0 aliphatic carbocycles. The summed E-state index contributed by atoms with van der Waals surface area (Å²) >= 11 is 0. The van der Waals surface area contributed by atoms with E-state index in [1.54, 1.807) is 6.20 Å². The van der Waals surface area contributed by atoms with Crippen LogP contribution in [-0.4, -0.2) is 16.8 Å².